The van der Waals surface area contributed by atoms with Crippen LogP contribution in [-0.4, -0.2) is 19.2 Å². The normalized spacial score (nSPS) is 25.4. The Hall–Kier alpha value is -2.33. The maximum atomic E-state index is 11.9. The predicted molar refractivity (Wildman–Crippen MR) is 96.2 cm³/mol. The molecule has 0 fully saturated rings. The van der Waals surface area contributed by atoms with Gasteiger partial charge in [0.2, 0.25) is 0 Å². The Kier molecular flexibility index (Phi) is 3.98. The van der Waals surface area contributed by atoms with Gasteiger partial charge in [-0.2, -0.15) is 0 Å². The Morgan fingerprint density at radius 1 is 1.17 bits per heavy atom. The lowest BCUT2D eigenvalue weighted by Crippen LogP contribution is -2.29. The maximum absolute atomic E-state index is 11.9. The van der Waals surface area contributed by atoms with Crippen LogP contribution in [0.3, 0.4) is 0 Å². The van der Waals surface area contributed by atoms with Gasteiger partial charge in [0.1, 0.15) is 11.9 Å². The second-order valence-corrected chi connectivity index (χ2v) is 7.06. The molecule has 0 saturated carbocycles. The Morgan fingerprint density at radius 2 is 2.00 bits per heavy atom. The summed E-state index contributed by atoms with van der Waals surface area (Å²) < 4.78 is 10.8. The van der Waals surface area contributed by atoms with Gasteiger partial charge < -0.3 is 9.47 Å². The lowest BCUT2D eigenvalue weighted by atomic mass is 9.87. The summed E-state index contributed by atoms with van der Waals surface area (Å²) >= 11 is 1.73. The minimum absolute atomic E-state index is 0.106. The van der Waals surface area contributed by atoms with Crippen molar-refractivity contribution in [3.8, 4) is 0 Å². The third kappa shape index (κ3) is 2.78. The van der Waals surface area contributed by atoms with E-state index in [0.29, 0.717) is 0 Å². The molecule has 4 rings (SSSR count). The average molecular weight is 338 g/mol. The number of ether oxygens (including phenoxy) is 2. The topological polar surface area (TPSA) is 35.5 Å². The fourth-order valence-corrected chi connectivity index (χ4v) is 4.40. The third-order valence-corrected chi connectivity index (χ3v) is 5.70. The summed E-state index contributed by atoms with van der Waals surface area (Å²) in [6, 6.07) is 4.25. The van der Waals surface area contributed by atoms with E-state index in [1.807, 2.05) is 18.2 Å². The molecule has 1 aromatic heterocycles. The molecule has 2 atom stereocenters. The molecule has 2 heterocycles. The van der Waals surface area contributed by atoms with Crippen molar-refractivity contribution in [3.05, 3.63) is 70.2 Å². The van der Waals surface area contributed by atoms with Gasteiger partial charge in [-0.1, -0.05) is 18.2 Å². The number of esters is 1. The van der Waals surface area contributed by atoms with Gasteiger partial charge in [0, 0.05) is 21.7 Å². The number of allylic oxidation sites excluding steroid dienone is 5. The maximum Gasteiger partial charge on any atom is 0.331 e. The van der Waals surface area contributed by atoms with Crippen molar-refractivity contribution < 1.29 is 14.3 Å². The monoisotopic (exact) mass is 338 g/mol. The van der Waals surface area contributed by atoms with Crippen molar-refractivity contribution >= 4 is 28.5 Å². The van der Waals surface area contributed by atoms with Crippen LogP contribution < -0.4 is 0 Å². The van der Waals surface area contributed by atoms with Gasteiger partial charge >= 0.3 is 5.97 Å². The number of fused-ring (bicyclic) bond motifs is 1. The first-order chi connectivity index (χ1) is 11.7. The molecule has 0 saturated heterocycles. The summed E-state index contributed by atoms with van der Waals surface area (Å²) in [5, 5.41) is 0. The van der Waals surface area contributed by atoms with Gasteiger partial charge in [0.15, 0.2) is 0 Å². The van der Waals surface area contributed by atoms with Gasteiger partial charge in [-0.05, 0) is 54.3 Å². The van der Waals surface area contributed by atoms with E-state index in [1.54, 1.807) is 24.5 Å². The van der Waals surface area contributed by atoms with Gasteiger partial charge in [0.05, 0.1) is 7.11 Å². The summed E-state index contributed by atoms with van der Waals surface area (Å²) in [5.41, 5.74) is 2.34. The second kappa shape index (κ2) is 6.29. The van der Waals surface area contributed by atoms with Crippen molar-refractivity contribution in [3.63, 3.8) is 0 Å². The summed E-state index contributed by atoms with van der Waals surface area (Å²) in [7, 11) is 1.70. The average Bonchev–Trinajstić information content (AvgIpc) is 3.11. The van der Waals surface area contributed by atoms with Crippen molar-refractivity contribution in [2.24, 2.45) is 5.92 Å². The van der Waals surface area contributed by atoms with E-state index in [-0.39, 0.29) is 18.0 Å². The zero-order valence-electron chi connectivity index (χ0n) is 13.4. The molecule has 0 amide bonds. The highest BCUT2D eigenvalue weighted by Gasteiger charge is 2.31. The number of methoxy groups -OCH3 is 1. The van der Waals surface area contributed by atoms with Crippen LogP contribution in [0.15, 0.2) is 60.4 Å². The highest BCUT2D eigenvalue weighted by atomic mass is 32.1. The van der Waals surface area contributed by atoms with Crippen molar-refractivity contribution in [2.75, 3.05) is 7.11 Å². The van der Waals surface area contributed by atoms with Crippen molar-refractivity contribution in [1.82, 2.24) is 0 Å². The zero-order valence-corrected chi connectivity index (χ0v) is 14.2. The van der Waals surface area contributed by atoms with Crippen LogP contribution in [0.25, 0.3) is 11.1 Å². The molecule has 2 aliphatic carbocycles. The summed E-state index contributed by atoms with van der Waals surface area (Å²) in [4.78, 5) is 14.3. The summed E-state index contributed by atoms with van der Waals surface area (Å²) in [5.74, 6) is 0.767. The first-order valence-electron chi connectivity index (χ1n) is 8.07. The molecule has 24 heavy (non-hydrogen) atoms. The Balaban J connectivity index is 1.66. The Morgan fingerprint density at radius 3 is 2.88 bits per heavy atom. The lowest BCUT2D eigenvalue weighted by molar-refractivity contribution is -0.142. The number of carbonyl (C=O) groups is 1. The van der Waals surface area contributed by atoms with Crippen LogP contribution >= 0.6 is 11.3 Å². The molecule has 1 aliphatic heterocycles. The molecule has 1 aromatic rings. The molecule has 0 N–H and O–H groups in total. The standard InChI is InChI=1S/C20H18O3S/c1-22-14-6-4-5-13(11-14)18-9-10-19(24-18)16-12-20(21)23-17-8-3-2-7-15(16)17/h2-3,6-12,15,17H,4-5H2,1H3. The quantitative estimate of drug-likeness (QED) is 0.761. The SMILES string of the molecule is COC1=CCCC(c2ccc(C3=CC(=O)OC4C=CC=CC34)s2)=C1. The van der Waals surface area contributed by atoms with Gasteiger partial charge in [-0.3, -0.25) is 0 Å². The van der Waals surface area contributed by atoms with Gasteiger partial charge in [-0.15, -0.1) is 11.3 Å². The highest BCUT2D eigenvalue weighted by Crippen LogP contribution is 2.40. The molecule has 0 radical (unpaired) electrons. The van der Waals surface area contributed by atoms with Crippen LogP contribution in [0.4, 0.5) is 0 Å². The molecular weight excluding hydrogens is 320 g/mol. The van der Waals surface area contributed by atoms with E-state index in [2.05, 4.69) is 30.4 Å². The molecule has 0 aromatic carbocycles. The van der Waals surface area contributed by atoms with E-state index < -0.39 is 0 Å². The van der Waals surface area contributed by atoms with E-state index in [1.165, 1.54) is 10.5 Å². The highest BCUT2D eigenvalue weighted by molar-refractivity contribution is 7.14. The van der Waals surface area contributed by atoms with Crippen LogP contribution in [0.5, 0.6) is 0 Å². The predicted octanol–water partition coefficient (Wildman–Crippen LogP) is 4.51. The van der Waals surface area contributed by atoms with Gasteiger partial charge in [0.25, 0.3) is 0 Å². The Labute approximate surface area is 145 Å². The smallest absolute Gasteiger partial charge is 0.331 e. The molecule has 4 heteroatoms. The molecule has 3 aliphatic rings. The largest absolute Gasteiger partial charge is 0.497 e. The van der Waals surface area contributed by atoms with E-state index in [0.717, 1.165) is 29.1 Å². The third-order valence-electron chi connectivity index (χ3n) is 4.49. The number of hydrogen-bond acceptors (Lipinski definition) is 4. The molecule has 2 unspecified atom stereocenters. The Bertz CT molecular complexity index is 820. The lowest BCUT2D eigenvalue weighted by Gasteiger charge is -2.29. The molecule has 122 valence electrons. The van der Waals surface area contributed by atoms with E-state index in [4.69, 9.17) is 9.47 Å². The van der Waals surface area contributed by atoms with Crippen LogP contribution in [0.1, 0.15) is 22.6 Å². The molecule has 3 nitrogen and oxygen atoms in total. The minimum Gasteiger partial charge on any atom is -0.497 e. The molecule has 0 spiro atoms. The van der Waals surface area contributed by atoms with Gasteiger partial charge in [-0.25, -0.2) is 4.79 Å². The number of rotatable bonds is 3. The summed E-state index contributed by atoms with van der Waals surface area (Å²) in [6.07, 6.45) is 15.7. The zero-order chi connectivity index (χ0) is 16.5. The minimum atomic E-state index is -0.261. The fourth-order valence-electron chi connectivity index (χ4n) is 3.28. The first-order valence-corrected chi connectivity index (χ1v) is 8.89. The summed E-state index contributed by atoms with van der Waals surface area (Å²) in [6.45, 7) is 0. The number of carbonyl (C=O) groups excluding carboxylic acids is 1. The van der Waals surface area contributed by atoms with E-state index >= 15 is 0 Å². The van der Waals surface area contributed by atoms with Crippen LogP contribution in [0.2, 0.25) is 0 Å². The number of thiophene rings is 1. The van der Waals surface area contributed by atoms with Crippen LogP contribution in [0, 0.1) is 5.92 Å². The second-order valence-electron chi connectivity index (χ2n) is 5.98. The fraction of sp³-hybridized carbons (Fsp3) is 0.250. The van der Waals surface area contributed by atoms with Crippen molar-refractivity contribution in [1.29, 1.82) is 0 Å². The number of hydrogen-bond donors (Lipinski definition) is 0. The van der Waals surface area contributed by atoms with Crippen molar-refractivity contribution in [2.45, 2.75) is 18.9 Å². The molecule has 0 bridgehead atoms. The first kappa shape index (κ1) is 15.2. The van der Waals surface area contributed by atoms with Crippen LogP contribution in [-0.2, 0) is 14.3 Å². The molecular formula is C20H18O3S. The van der Waals surface area contributed by atoms with E-state index in [9.17, 15) is 4.79 Å².